The molecule has 1 amide bonds. The van der Waals surface area contributed by atoms with Crippen LogP contribution in [0.4, 0.5) is 0 Å². The number of rotatable bonds is 4. The second kappa shape index (κ2) is 5.38. The van der Waals surface area contributed by atoms with E-state index in [1.54, 1.807) is 11.4 Å². The van der Waals surface area contributed by atoms with Crippen LogP contribution < -0.4 is 0 Å². The maximum Gasteiger partial charge on any atom is 0.264 e. The second-order valence-corrected chi connectivity index (χ2v) is 4.52. The van der Waals surface area contributed by atoms with Crippen LogP contribution in [0.1, 0.15) is 5.56 Å². The van der Waals surface area contributed by atoms with E-state index < -0.39 is 0 Å². The second-order valence-electron chi connectivity index (χ2n) is 3.76. The van der Waals surface area contributed by atoms with Gasteiger partial charge < -0.3 is 4.74 Å². The highest BCUT2D eigenvalue weighted by atomic mass is 32.2. The molecule has 2 atom stereocenters. The minimum atomic E-state index is -0.331. The summed E-state index contributed by atoms with van der Waals surface area (Å²) in [5, 5.41) is 0. The Morgan fingerprint density at radius 3 is 2.65 bits per heavy atom. The average molecular weight is 249 g/mol. The van der Waals surface area contributed by atoms with Gasteiger partial charge in [0.15, 0.2) is 6.10 Å². The van der Waals surface area contributed by atoms with Gasteiger partial charge in [-0.25, -0.2) is 0 Å². The highest BCUT2D eigenvalue weighted by Gasteiger charge is 2.46. The summed E-state index contributed by atoms with van der Waals surface area (Å²) in [7, 11) is 1.57. The zero-order chi connectivity index (χ0) is 12.3. The van der Waals surface area contributed by atoms with Gasteiger partial charge in [0.25, 0.3) is 5.91 Å². The Balaban J connectivity index is 2.07. The maximum atomic E-state index is 11.6. The molecule has 90 valence electrons. The Hall–Kier alpha value is -1.26. The van der Waals surface area contributed by atoms with E-state index >= 15 is 0 Å². The molecule has 2 rings (SSSR count). The summed E-state index contributed by atoms with van der Waals surface area (Å²) in [6.07, 6.45) is 5.60. The molecule has 1 aromatic rings. The molecule has 0 aromatic heterocycles. The summed E-state index contributed by atoms with van der Waals surface area (Å²) in [4.78, 5) is 11.6. The Bertz CT molecular complexity index is 405. The molecular weight excluding hydrogens is 234 g/mol. The maximum absolute atomic E-state index is 11.6. The third-order valence-electron chi connectivity index (χ3n) is 2.78. The van der Waals surface area contributed by atoms with Gasteiger partial charge in [-0.15, -0.1) is 0 Å². The third-order valence-corrected chi connectivity index (χ3v) is 3.59. The Labute approximate surface area is 106 Å². The van der Waals surface area contributed by atoms with Crippen LogP contribution in [0, 0.1) is 0 Å². The highest BCUT2D eigenvalue weighted by Crippen LogP contribution is 2.30. The number of nitrogens with zero attached hydrogens (tertiary/aromatic N) is 1. The fourth-order valence-electron chi connectivity index (χ4n) is 1.86. The molecule has 0 radical (unpaired) electrons. The Morgan fingerprint density at radius 1 is 1.35 bits per heavy atom. The molecule has 0 saturated carbocycles. The molecule has 3 nitrogen and oxygen atoms in total. The molecule has 0 N–H and O–H groups in total. The molecule has 4 heteroatoms. The highest BCUT2D eigenvalue weighted by molar-refractivity contribution is 7.96. The third kappa shape index (κ3) is 2.37. The molecule has 0 unspecified atom stereocenters. The molecule has 0 aliphatic carbocycles. The first-order chi connectivity index (χ1) is 8.27. The Morgan fingerprint density at radius 2 is 2.06 bits per heavy atom. The number of hydrogen-bond acceptors (Lipinski definition) is 3. The molecule has 1 aliphatic rings. The first kappa shape index (κ1) is 12.2. The summed E-state index contributed by atoms with van der Waals surface area (Å²) in [6.45, 7) is 0. The number of amides is 1. The molecule has 1 saturated heterocycles. The number of methoxy groups -OCH3 is 1. The van der Waals surface area contributed by atoms with Gasteiger partial charge in [0.2, 0.25) is 0 Å². The van der Waals surface area contributed by atoms with Gasteiger partial charge in [0.1, 0.15) is 0 Å². The molecule has 0 bridgehead atoms. The van der Waals surface area contributed by atoms with Crippen LogP contribution in [0.5, 0.6) is 0 Å². The Kier molecular flexibility index (Phi) is 3.86. The van der Waals surface area contributed by atoms with Crippen LogP contribution in [0.15, 0.2) is 36.4 Å². The van der Waals surface area contributed by atoms with Crippen molar-refractivity contribution >= 4 is 23.9 Å². The van der Waals surface area contributed by atoms with Crippen molar-refractivity contribution in [3.8, 4) is 0 Å². The summed E-state index contributed by atoms with van der Waals surface area (Å²) in [5.74, 6) is 0.0442. The lowest BCUT2D eigenvalue weighted by molar-refractivity contribution is -0.154. The van der Waals surface area contributed by atoms with Crippen molar-refractivity contribution in [2.75, 3.05) is 13.4 Å². The van der Waals surface area contributed by atoms with Crippen molar-refractivity contribution in [2.45, 2.75) is 12.1 Å². The van der Waals surface area contributed by atoms with Gasteiger partial charge in [-0.05, 0) is 5.56 Å². The van der Waals surface area contributed by atoms with Gasteiger partial charge >= 0.3 is 0 Å². The number of hydrogen-bond donors (Lipinski definition) is 0. The zero-order valence-electron chi connectivity index (χ0n) is 9.87. The number of ether oxygens (including phenoxy) is 1. The predicted octanol–water partition coefficient (Wildman–Crippen LogP) is 2.20. The van der Waals surface area contributed by atoms with Gasteiger partial charge in [-0.3, -0.25) is 9.10 Å². The van der Waals surface area contributed by atoms with E-state index in [1.807, 2.05) is 48.7 Å². The van der Waals surface area contributed by atoms with Gasteiger partial charge in [-0.1, -0.05) is 54.4 Å². The van der Waals surface area contributed by atoms with Gasteiger partial charge in [0.05, 0.1) is 6.04 Å². The summed E-state index contributed by atoms with van der Waals surface area (Å²) >= 11 is 1.43. The molecule has 0 spiro atoms. The molecule has 1 aliphatic heterocycles. The van der Waals surface area contributed by atoms with Crippen molar-refractivity contribution in [3.05, 3.63) is 42.0 Å². The van der Waals surface area contributed by atoms with E-state index in [4.69, 9.17) is 4.74 Å². The van der Waals surface area contributed by atoms with Crippen LogP contribution >= 0.6 is 11.9 Å². The number of carbonyl (C=O) groups excluding carboxylic acids is 1. The largest absolute Gasteiger partial charge is 0.369 e. The first-order valence-electron chi connectivity index (χ1n) is 5.41. The van der Waals surface area contributed by atoms with Gasteiger partial charge in [0, 0.05) is 13.4 Å². The lowest BCUT2D eigenvalue weighted by atomic mass is 10.0. The van der Waals surface area contributed by atoms with Crippen molar-refractivity contribution in [3.63, 3.8) is 0 Å². The van der Waals surface area contributed by atoms with Crippen LogP contribution in [0.2, 0.25) is 0 Å². The average Bonchev–Trinajstić information content (AvgIpc) is 2.36. The van der Waals surface area contributed by atoms with Crippen molar-refractivity contribution < 1.29 is 9.53 Å². The molecule has 1 fully saturated rings. The predicted molar refractivity (Wildman–Crippen MR) is 70.4 cm³/mol. The summed E-state index contributed by atoms with van der Waals surface area (Å²) in [6, 6.07) is 10.1. The number of carbonyl (C=O) groups is 1. The smallest absolute Gasteiger partial charge is 0.264 e. The van der Waals surface area contributed by atoms with E-state index in [0.717, 1.165) is 5.56 Å². The molecule has 1 aromatic carbocycles. The van der Waals surface area contributed by atoms with Crippen molar-refractivity contribution in [1.29, 1.82) is 0 Å². The molecular formula is C13H15NO2S. The van der Waals surface area contributed by atoms with E-state index in [-0.39, 0.29) is 18.1 Å². The standard InChI is InChI=1S/C13H15NO2S/c1-16-12-11(14(17-2)13(12)15)9-8-10-6-4-3-5-7-10/h3-9,11-12H,1-2H3/b9-8-/t11-,12+/m0/s1. The lowest BCUT2D eigenvalue weighted by Crippen LogP contribution is -2.61. The molecule has 17 heavy (non-hydrogen) atoms. The summed E-state index contributed by atoms with van der Waals surface area (Å²) < 4.78 is 6.91. The van der Waals surface area contributed by atoms with Crippen LogP contribution in [0.25, 0.3) is 6.08 Å². The number of benzene rings is 1. The normalized spacial score (nSPS) is 24.1. The fraction of sp³-hybridized carbons (Fsp3) is 0.308. The van der Waals surface area contributed by atoms with Gasteiger partial charge in [-0.2, -0.15) is 0 Å². The SMILES string of the molecule is CO[C@H]1C(=O)N(SC)[C@H]1/C=C\c1ccccc1. The topological polar surface area (TPSA) is 29.5 Å². The van der Waals surface area contributed by atoms with Crippen LogP contribution in [-0.4, -0.2) is 35.7 Å². The quantitative estimate of drug-likeness (QED) is 0.605. The van der Waals surface area contributed by atoms with E-state index in [0.29, 0.717) is 0 Å². The minimum Gasteiger partial charge on any atom is -0.369 e. The van der Waals surface area contributed by atoms with E-state index in [2.05, 4.69) is 0 Å². The zero-order valence-corrected chi connectivity index (χ0v) is 10.7. The van der Waals surface area contributed by atoms with E-state index in [1.165, 1.54) is 11.9 Å². The minimum absolute atomic E-state index is 0.0303. The van der Waals surface area contributed by atoms with Crippen LogP contribution in [-0.2, 0) is 9.53 Å². The summed E-state index contributed by atoms with van der Waals surface area (Å²) in [5.41, 5.74) is 1.13. The van der Waals surface area contributed by atoms with E-state index in [9.17, 15) is 4.79 Å². The van der Waals surface area contributed by atoms with Crippen molar-refractivity contribution in [2.24, 2.45) is 0 Å². The number of β-lactam (4-membered cyclic amide) rings is 1. The molecule has 1 heterocycles. The first-order valence-corrected chi connectivity index (χ1v) is 6.59. The lowest BCUT2D eigenvalue weighted by Gasteiger charge is -2.42. The monoisotopic (exact) mass is 249 g/mol. The van der Waals surface area contributed by atoms with Crippen LogP contribution in [0.3, 0.4) is 0 Å². The van der Waals surface area contributed by atoms with Crippen molar-refractivity contribution in [1.82, 2.24) is 4.31 Å². The fourth-order valence-corrected chi connectivity index (χ4v) is 2.57.